The van der Waals surface area contributed by atoms with Crippen LogP contribution in [0.1, 0.15) is 24.6 Å². The minimum atomic E-state index is 0.455. The van der Waals surface area contributed by atoms with Gasteiger partial charge in [-0.2, -0.15) is 0 Å². The molecule has 23 heavy (non-hydrogen) atoms. The molecule has 0 spiro atoms. The van der Waals surface area contributed by atoms with Gasteiger partial charge >= 0.3 is 0 Å². The Balaban J connectivity index is 1.44. The molecule has 0 bridgehead atoms. The molecule has 2 aromatic heterocycles. The first-order chi connectivity index (χ1) is 11.3. The fourth-order valence-corrected chi connectivity index (χ4v) is 4.47. The molecule has 6 heteroatoms. The predicted octanol–water partition coefficient (Wildman–Crippen LogP) is 2.55. The lowest BCUT2D eigenvalue weighted by atomic mass is 10.2. The molecule has 2 aromatic rings. The van der Waals surface area contributed by atoms with Crippen LogP contribution in [0.25, 0.3) is 10.2 Å². The van der Waals surface area contributed by atoms with E-state index in [9.17, 15) is 0 Å². The Morgan fingerprint density at radius 2 is 2.13 bits per heavy atom. The molecule has 0 saturated carbocycles. The van der Waals surface area contributed by atoms with Crippen LogP contribution in [-0.2, 0) is 11.2 Å². The maximum absolute atomic E-state index is 5.77. The van der Waals surface area contributed by atoms with Gasteiger partial charge in [0.2, 0.25) is 0 Å². The van der Waals surface area contributed by atoms with E-state index in [0.29, 0.717) is 6.10 Å². The second kappa shape index (κ2) is 6.71. The van der Waals surface area contributed by atoms with Gasteiger partial charge in [0, 0.05) is 44.2 Å². The quantitative estimate of drug-likeness (QED) is 0.861. The number of fused-ring (bicyclic) bond motifs is 1. The second-order valence-electron chi connectivity index (χ2n) is 6.41. The maximum atomic E-state index is 5.77. The summed E-state index contributed by atoms with van der Waals surface area (Å²) < 4.78 is 5.77. The SMILES string of the molecule is CCc1cc2c(N3CCN(CC4CCCO4)CC3)ncnc2s1. The first kappa shape index (κ1) is 15.3. The van der Waals surface area contributed by atoms with E-state index in [1.54, 1.807) is 17.7 Å². The van der Waals surface area contributed by atoms with Crippen molar-refractivity contribution in [3.8, 4) is 0 Å². The summed E-state index contributed by atoms with van der Waals surface area (Å²) in [6, 6.07) is 2.27. The number of hydrogen-bond donors (Lipinski definition) is 0. The summed E-state index contributed by atoms with van der Waals surface area (Å²) in [5.41, 5.74) is 0. The van der Waals surface area contributed by atoms with Gasteiger partial charge in [-0.1, -0.05) is 6.92 Å². The van der Waals surface area contributed by atoms with E-state index in [2.05, 4.69) is 32.8 Å². The lowest BCUT2D eigenvalue weighted by Gasteiger charge is -2.36. The number of hydrogen-bond acceptors (Lipinski definition) is 6. The van der Waals surface area contributed by atoms with Gasteiger partial charge < -0.3 is 9.64 Å². The molecule has 0 radical (unpaired) electrons. The highest BCUT2D eigenvalue weighted by atomic mass is 32.1. The minimum absolute atomic E-state index is 0.455. The monoisotopic (exact) mass is 332 g/mol. The molecule has 4 rings (SSSR count). The van der Waals surface area contributed by atoms with Crippen LogP contribution < -0.4 is 4.90 Å². The number of nitrogens with zero attached hydrogens (tertiary/aromatic N) is 4. The summed E-state index contributed by atoms with van der Waals surface area (Å²) in [7, 11) is 0. The van der Waals surface area contributed by atoms with Crippen molar-refractivity contribution >= 4 is 27.4 Å². The first-order valence-electron chi connectivity index (χ1n) is 8.66. The van der Waals surface area contributed by atoms with Crippen LogP contribution in [0, 0.1) is 0 Å². The first-order valence-corrected chi connectivity index (χ1v) is 9.47. The smallest absolute Gasteiger partial charge is 0.140 e. The number of aromatic nitrogens is 2. The van der Waals surface area contributed by atoms with Crippen molar-refractivity contribution in [3.05, 3.63) is 17.3 Å². The van der Waals surface area contributed by atoms with E-state index in [0.717, 1.165) is 56.4 Å². The number of ether oxygens (including phenoxy) is 1. The Morgan fingerprint density at radius 3 is 2.87 bits per heavy atom. The molecule has 0 amide bonds. The Kier molecular flexibility index (Phi) is 4.46. The van der Waals surface area contributed by atoms with Gasteiger partial charge in [-0.3, -0.25) is 4.90 Å². The molecule has 124 valence electrons. The average molecular weight is 332 g/mol. The number of aryl methyl sites for hydroxylation is 1. The summed E-state index contributed by atoms with van der Waals surface area (Å²) in [5.74, 6) is 1.11. The van der Waals surface area contributed by atoms with E-state index in [1.807, 2.05) is 0 Å². The van der Waals surface area contributed by atoms with Crippen LogP contribution in [0.3, 0.4) is 0 Å². The maximum Gasteiger partial charge on any atom is 0.140 e. The molecule has 0 N–H and O–H groups in total. The zero-order chi connectivity index (χ0) is 15.6. The predicted molar refractivity (Wildman–Crippen MR) is 94.4 cm³/mol. The third-order valence-electron chi connectivity index (χ3n) is 4.87. The summed E-state index contributed by atoms with van der Waals surface area (Å²) in [6.07, 6.45) is 5.68. The Bertz CT molecular complexity index is 660. The van der Waals surface area contributed by atoms with Crippen molar-refractivity contribution in [2.75, 3.05) is 44.2 Å². The van der Waals surface area contributed by atoms with E-state index in [1.165, 1.54) is 23.1 Å². The molecule has 2 saturated heterocycles. The van der Waals surface area contributed by atoms with Crippen molar-refractivity contribution in [1.82, 2.24) is 14.9 Å². The molecule has 2 aliphatic rings. The average Bonchev–Trinajstić information content (AvgIpc) is 3.24. The lowest BCUT2D eigenvalue weighted by molar-refractivity contribution is 0.0712. The molecule has 0 aromatic carbocycles. The highest BCUT2D eigenvalue weighted by Gasteiger charge is 2.24. The van der Waals surface area contributed by atoms with Crippen LogP contribution in [-0.4, -0.2) is 60.3 Å². The van der Waals surface area contributed by atoms with Crippen LogP contribution in [0.5, 0.6) is 0 Å². The normalized spacial score (nSPS) is 23.0. The second-order valence-corrected chi connectivity index (χ2v) is 7.52. The van der Waals surface area contributed by atoms with Gasteiger partial charge in [0.1, 0.15) is 17.0 Å². The molecule has 4 heterocycles. The summed E-state index contributed by atoms with van der Waals surface area (Å²) in [4.78, 5) is 16.5. The molecule has 1 unspecified atom stereocenters. The Labute approximate surface area is 141 Å². The van der Waals surface area contributed by atoms with E-state index in [-0.39, 0.29) is 0 Å². The third-order valence-corrected chi connectivity index (χ3v) is 6.05. The number of rotatable bonds is 4. The van der Waals surface area contributed by atoms with Crippen molar-refractivity contribution in [2.45, 2.75) is 32.3 Å². The molecular weight excluding hydrogens is 308 g/mol. The fourth-order valence-electron chi connectivity index (χ4n) is 3.54. The standard InChI is InChI=1S/C17H24N4OS/c1-2-14-10-15-16(18-12-19-17(15)23-14)21-7-5-20(6-8-21)11-13-4-3-9-22-13/h10,12-13H,2-9,11H2,1H3. The van der Waals surface area contributed by atoms with Crippen molar-refractivity contribution in [2.24, 2.45) is 0 Å². The molecule has 2 aliphatic heterocycles. The summed E-state index contributed by atoms with van der Waals surface area (Å²) in [6.45, 7) is 8.49. The van der Waals surface area contributed by atoms with E-state index < -0.39 is 0 Å². The largest absolute Gasteiger partial charge is 0.377 e. The van der Waals surface area contributed by atoms with Gasteiger partial charge in [0.25, 0.3) is 0 Å². The lowest BCUT2D eigenvalue weighted by Crippen LogP contribution is -2.48. The zero-order valence-electron chi connectivity index (χ0n) is 13.7. The van der Waals surface area contributed by atoms with Crippen LogP contribution in [0.15, 0.2) is 12.4 Å². The highest BCUT2D eigenvalue weighted by Crippen LogP contribution is 2.31. The number of anilines is 1. The van der Waals surface area contributed by atoms with Gasteiger partial charge in [0.05, 0.1) is 11.5 Å². The number of thiophene rings is 1. The van der Waals surface area contributed by atoms with E-state index in [4.69, 9.17) is 4.74 Å². The van der Waals surface area contributed by atoms with Crippen molar-refractivity contribution < 1.29 is 4.74 Å². The summed E-state index contributed by atoms with van der Waals surface area (Å²) in [5, 5.41) is 1.22. The summed E-state index contributed by atoms with van der Waals surface area (Å²) >= 11 is 1.79. The molecule has 2 fully saturated rings. The van der Waals surface area contributed by atoms with Gasteiger partial charge in [0.15, 0.2) is 0 Å². The van der Waals surface area contributed by atoms with Gasteiger partial charge in [-0.05, 0) is 25.3 Å². The van der Waals surface area contributed by atoms with Crippen LogP contribution in [0.4, 0.5) is 5.82 Å². The van der Waals surface area contributed by atoms with Gasteiger partial charge in [-0.15, -0.1) is 11.3 Å². The highest BCUT2D eigenvalue weighted by molar-refractivity contribution is 7.18. The third kappa shape index (κ3) is 3.20. The molecule has 0 aliphatic carbocycles. The van der Waals surface area contributed by atoms with Gasteiger partial charge in [-0.25, -0.2) is 9.97 Å². The van der Waals surface area contributed by atoms with E-state index >= 15 is 0 Å². The fraction of sp³-hybridized carbons (Fsp3) is 0.647. The van der Waals surface area contributed by atoms with Crippen molar-refractivity contribution in [3.63, 3.8) is 0 Å². The number of piperazine rings is 1. The Hall–Kier alpha value is -1.24. The molecule has 5 nitrogen and oxygen atoms in total. The minimum Gasteiger partial charge on any atom is -0.377 e. The molecular formula is C17H24N4OS. The van der Waals surface area contributed by atoms with Crippen LogP contribution in [0.2, 0.25) is 0 Å². The topological polar surface area (TPSA) is 41.5 Å². The Morgan fingerprint density at radius 1 is 1.26 bits per heavy atom. The van der Waals surface area contributed by atoms with Crippen molar-refractivity contribution in [1.29, 1.82) is 0 Å². The zero-order valence-corrected chi connectivity index (χ0v) is 14.5. The molecule has 1 atom stereocenters. The van der Waals surface area contributed by atoms with Crippen LogP contribution >= 0.6 is 11.3 Å².